The van der Waals surface area contributed by atoms with Crippen molar-refractivity contribution in [2.24, 2.45) is 0 Å². The van der Waals surface area contributed by atoms with E-state index in [1.807, 2.05) is 6.07 Å². The first kappa shape index (κ1) is 27.8. The van der Waals surface area contributed by atoms with Crippen LogP contribution in [-0.2, 0) is 30.0 Å². The zero-order chi connectivity index (χ0) is 26.7. The molecule has 3 rings (SSSR count). The van der Waals surface area contributed by atoms with Gasteiger partial charge in [0.25, 0.3) is 0 Å². The van der Waals surface area contributed by atoms with Crippen LogP contribution in [0.3, 0.4) is 0 Å². The molecule has 0 saturated carbocycles. The van der Waals surface area contributed by atoms with Crippen LogP contribution in [0.25, 0.3) is 0 Å². The number of hydrogen-bond acceptors (Lipinski definition) is 8. The Kier molecular flexibility index (Phi) is 9.71. The summed E-state index contributed by atoms with van der Waals surface area (Å²) in [6, 6.07) is 24.3. The predicted octanol–water partition coefficient (Wildman–Crippen LogP) is 5.91. The SMILES string of the molecule is CC(C)(C)OC(=O)N[C@@H](COP(=O)(Oc1ccccc1)Oc1ccccc1)C(=O)OCc1ccccc1. The molecule has 3 aromatic carbocycles. The van der Waals surface area contributed by atoms with E-state index in [0.29, 0.717) is 0 Å². The second-order valence-electron chi connectivity index (χ2n) is 8.84. The van der Waals surface area contributed by atoms with Gasteiger partial charge in [0.05, 0.1) is 6.61 Å². The monoisotopic (exact) mass is 527 g/mol. The molecule has 0 heterocycles. The number of para-hydroxylation sites is 2. The Morgan fingerprint density at radius 3 is 1.78 bits per heavy atom. The second-order valence-corrected chi connectivity index (χ2v) is 10.4. The number of carbonyl (C=O) groups excluding carboxylic acids is 2. The molecule has 0 bridgehead atoms. The summed E-state index contributed by atoms with van der Waals surface area (Å²) in [5, 5.41) is 2.42. The Bertz CT molecular complexity index is 1140. The van der Waals surface area contributed by atoms with Gasteiger partial charge in [0.15, 0.2) is 6.04 Å². The first-order chi connectivity index (χ1) is 17.6. The molecular weight excluding hydrogens is 497 g/mol. The van der Waals surface area contributed by atoms with E-state index in [0.717, 1.165) is 5.56 Å². The highest BCUT2D eigenvalue weighted by Crippen LogP contribution is 2.49. The van der Waals surface area contributed by atoms with Gasteiger partial charge in [-0.15, -0.1) is 0 Å². The molecule has 10 heteroatoms. The molecule has 37 heavy (non-hydrogen) atoms. The Balaban J connectivity index is 1.77. The lowest BCUT2D eigenvalue weighted by Crippen LogP contribution is -2.46. The molecule has 1 atom stereocenters. The molecule has 0 unspecified atom stereocenters. The van der Waals surface area contributed by atoms with E-state index in [9.17, 15) is 14.2 Å². The molecule has 0 radical (unpaired) electrons. The highest BCUT2D eigenvalue weighted by atomic mass is 31.2. The molecule has 0 aliphatic rings. The number of rotatable bonds is 11. The minimum absolute atomic E-state index is 0.0368. The summed E-state index contributed by atoms with van der Waals surface area (Å²) in [5.41, 5.74) is -0.0655. The minimum Gasteiger partial charge on any atom is -0.459 e. The lowest BCUT2D eigenvalue weighted by molar-refractivity contribution is -0.148. The van der Waals surface area contributed by atoms with Gasteiger partial charge in [-0.2, -0.15) is 0 Å². The van der Waals surface area contributed by atoms with Gasteiger partial charge in [-0.3, -0.25) is 4.52 Å². The number of carbonyl (C=O) groups is 2. The lowest BCUT2D eigenvalue weighted by Gasteiger charge is -2.24. The second kappa shape index (κ2) is 12.9. The number of nitrogens with one attached hydrogen (secondary N) is 1. The van der Waals surface area contributed by atoms with E-state index < -0.39 is 38.1 Å². The van der Waals surface area contributed by atoms with E-state index in [2.05, 4.69) is 5.32 Å². The average molecular weight is 528 g/mol. The molecular formula is C27H30NO8P. The van der Waals surface area contributed by atoms with Crippen molar-refractivity contribution in [1.82, 2.24) is 5.32 Å². The highest BCUT2D eigenvalue weighted by molar-refractivity contribution is 7.49. The van der Waals surface area contributed by atoms with Crippen molar-refractivity contribution in [3.8, 4) is 11.5 Å². The molecule has 3 aromatic rings. The molecule has 1 N–H and O–H groups in total. The summed E-state index contributed by atoms with van der Waals surface area (Å²) in [6.07, 6.45) is -0.874. The molecule has 1 amide bonds. The maximum absolute atomic E-state index is 13.6. The van der Waals surface area contributed by atoms with Crippen molar-refractivity contribution in [2.75, 3.05) is 6.61 Å². The number of hydrogen-bond donors (Lipinski definition) is 1. The first-order valence-electron chi connectivity index (χ1n) is 11.6. The van der Waals surface area contributed by atoms with Crippen LogP contribution < -0.4 is 14.4 Å². The Labute approximate surface area is 216 Å². The number of phosphoric ester groups is 1. The van der Waals surface area contributed by atoms with Crippen LogP contribution in [0.5, 0.6) is 11.5 Å². The highest BCUT2D eigenvalue weighted by Gasteiger charge is 2.35. The normalized spacial score (nSPS) is 12.2. The van der Waals surface area contributed by atoms with Gasteiger partial charge in [-0.05, 0) is 50.6 Å². The lowest BCUT2D eigenvalue weighted by atomic mass is 10.2. The third kappa shape index (κ3) is 9.99. The molecule has 0 spiro atoms. The van der Waals surface area contributed by atoms with Gasteiger partial charge >= 0.3 is 19.9 Å². The van der Waals surface area contributed by atoms with Gasteiger partial charge < -0.3 is 23.8 Å². The Morgan fingerprint density at radius 1 is 0.811 bits per heavy atom. The summed E-state index contributed by atoms with van der Waals surface area (Å²) in [5.74, 6) is -0.365. The number of phosphoric acid groups is 1. The fourth-order valence-corrected chi connectivity index (χ4v) is 4.14. The number of esters is 1. The maximum atomic E-state index is 13.6. The fourth-order valence-electron chi connectivity index (χ4n) is 2.91. The summed E-state index contributed by atoms with van der Waals surface area (Å²) >= 11 is 0. The van der Waals surface area contributed by atoms with Crippen LogP contribution in [0, 0.1) is 0 Å². The molecule has 0 aliphatic carbocycles. The first-order valence-corrected chi connectivity index (χ1v) is 13.0. The quantitative estimate of drug-likeness (QED) is 0.242. The van der Waals surface area contributed by atoms with E-state index in [1.165, 1.54) is 0 Å². The van der Waals surface area contributed by atoms with Crippen molar-refractivity contribution in [1.29, 1.82) is 0 Å². The average Bonchev–Trinajstić information content (AvgIpc) is 2.86. The molecule has 0 aromatic heterocycles. The fraction of sp³-hybridized carbons (Fsp3) is 0.259. The zero-order valence-corrected chi connectivity index (χ0v) is 21.8. The van der Waals surface area contributed by atoms with Crippen molar-refractivity contribution in [2.45, 2.75) is 39.0 Å². The van der Waals surface area contributed by atoms with Crippen LogP contribution in [0.4, 0.5) is 4.79 Å². The van der Waals surface area contributed by atoms with E-state index in [-0.39, 0.29) is 18.1 Å². The molecule has 0 fully saturated rings. The molecule has 0 aliphatic heterocycles. The Hall–Kier alpha value is -3.81. The van der Waals surface area contributed by atoms with Gasteiger partial charge in [0.2, 0.25) is 0 Å². The summed E-state index contributed by atoms with van der Waals surface area (Å²) in [7, 11) is -4.32. The predicted molar refractivity (Wildman–Crippen MR) is 137 cm³/mol. The maximum Gasteiger partial charge on any atom is 0.587 e. The number of ether oxygens (including phenoxy) is 2. The van der Waals surface area contributed by atoms with E-state index >= 15 is 0 Å². The largest absolute Gasteiger partial charge is 0.587 e. The third-order valence-electron chi connectivity index (χ3n) is 4.52. The summed E-state index contributed by atoms with van der Waals surface area (Å²) in [4.78, 5) is 25.3. The van der Waals surface area contributed by atoms with Crippen molar-refractivity contribution < 1.29 is 37.2 Å². The van der Waals surface area contributed by atoms with Gasteiger partial charge in [0.1, 0.15) is 23.7 Å². The van der Waals surface area contributed by atoms with E-state index in [1.54, 1.807) is 106 Å². The van der Waals surface area contributed by atoms with E-state index in [4.69, 9.17) is 23.0 Å². The number of benzene rings is 3. The summed E-state index contributed by atoms with van der Waals surface area (Å²) < 4.78 is 40.9. The van der Waals surface area contributed by atoms with Crippen molar-refractivity contribution in [3.05, 3.63) is 96.6 Å². The van der Waals surface area contributed by atoms with Gasteiger partial charge in [-0.25, -0.2) is 14.2 Å². The van der Waals surface area contributed by atoms with Crippen LogP contribution in [0.1, 0.15) is 26.3 Å². The third-order valence-corrected chi connectivity index (χ3v) is 5.85. The minimum atomic E-state index is -4.32. The standard InChI is InChI=1S/C27H30NO8P/c1-27(2,3)34-26(30)28-24(25(29)32-19-21-13-7-4-8-14-21)20-33-37(31,35-22-15-9-5-10-16-22)36-23-17-11-6-12-18-23/h4-18,24H,19-20H2,1-3H3,(H,28,30)/t24-/m0/s1. The summed E-state index contributed by atoms with van der Waals surface area (Å²) in [6.45, 7) is 4.43. The molecule has 9 nitrogen and oxygen atoms in total. The van der Waals surface area contributed by atoms with Crippen LogP contribution in [0.15, 0.2) is 91.0 Å². The van der Waals surface area contributed by atoms with Crippen LogP contribution in [0.2, 0.25) is 0 Å². The number of alkyl carbamates (subject to hydrolysis) is 1. The topological polar surface area (TPSA) is 109 Å². The van der Waals surface area contributed by atoms with Crippen molar-refractivity contribution in [3.63, 3.8) is 0 Å². The van der Waals surface area contributed by atoms with Crippen LogP contribution >= 0.6 is 7.82 Å². The molecule has 0 saturated heterocycles. The Morgan fingerprint density at radius 2 is 1.30 bits per heavy atom. The van der Waals surface area contributed by atoms with Crippen LogP contribution in [-0.4, -0.2) is 30.3 Å². The van der Waals surface area contributed by atoms with Gasteiger partial charge in [-0.1, -0.05) is 66.7 Å². The number of amides is 1. The molecule has 196 valence electrons. The smallest absolute Gasteiger partial charge is 0.459 e. The zero-order valence-electron chi connectivity index (χ0n) is 20.9. The van der Waals surface area contributed by atoms with Gasteiger partial charge in [0, 0.05) is 0 Å². The van der Waals surface area contributed by atoms with Crippen molar-refractivity contribution >= 4 is 19.9 Å².